The van der Waals surface area contributed by atoms with Gasteiger partial charge in [-0.05, 0) is 36.2 Å². The van der Waals surface area contributed by atoms with Gasteiger partial charge in [-0.3, -0.25) is 0 Å². The Balaban J connectivity index is 2.42. The summed E-state index contributed by atoms with van der Waals surface area (Å²) in [5.41, 5.74) is 2.74. The highest BCUT2D eigenvalue weighted by molar-refractivity contribution is 7.78. The second-order valence-electron chi connectivity index (χ2n) is 2.97. The fraction of sp³-hybridized carbons (Fsp3) is 0.300. The van der Waals surface area contributed by atoms with E-state index in [4.69, 9.17) is 0 Å². The lowest BCUT2D eigenvalue weighted by atomic mass is 10.1. The monoisotopic (exact) mass is 175 g/mol. The molecular weight excluding hydrogens is 166 g/mol. The Morgan fingerprint density at radius 3 is 3.08 bits per heavy atom. The van der Waals surface area contributed by atoms with Crippen LogP contribution < -0.4 is 0 Å². The molecule has 1 aliphatic carbocycles. The Labute approximate surface area is 77.1 Å². The zero-order valence-electron chi connectivity index (χ0n) is 6.66. The smallest absolute Gasteiger partial charge is 0.0858 e. The topological polar surface area (TPSA) is 12.4 Å². The highest BCUT2D eigenvalue weighted by Crippen LogP contribution is 2.33. The molecule has 0 fully saturated rings. The first-order valence-electron chi connectivity index (χ1n) is 4.06. The molecule has 0 aliphatic heterocycles. The van der Waals surface area contributed by atoms with Crippen molar-refractivity contribution < 1.29 is 0 Å². The van der Waals surface area contributed by atoms with Crippen molar-refractivity contribution in [3.63, 3.8) is 0 Å². The van der Waals surface area contributed by atoms with Crippen LogP contribution in [0.2, 0.25) is 0 Å². The van der Waals surface area contributed by atoms with E-state index in [0.717, 1.165) is 12.8 Å². The fourth-order valence-corrected chi connectivity index (χ4v) is 1.86. The Bertz CT molecular complexity index is 339. The van der Waals surface area contributed by atoms with E-state index in [1.807, 2.05) is 0 Å². The van der Waals surface area contributed by atoms with Gasteiger partial charge in [-0.15, -0.1) is 0 Å². The third-order valence-corrected chi connectivity index (χ3v) is 2.42. The molecule has 1 aromatic carbocycles. The second-order valence-corrected chi connectivity index (χ2v) is 3.16. The molecule has 0 N–H and O–H groups in total. The van der Waals surface area contributed by atoms with E-state index in [9.17, 15) is 0 Å². The van der Waals surface area contributed by atoms with E-state index < -0.39 is 0 Å². The molecule has 1 aliphatic rings. The molecule has 0 unspecified atom stereocenters. The largest absolute Gasteiger partial charge is 0.224 e. The molecule has 2 rings (SSSR count). The normalized spacial score (nSPS) is 19.8. The SMILES string of the molecule is S=C=N[C@@H]1CCc2ccccc21. The van der Waals surface area contributed by atoms with Gasteiger partial charge in [0.2, 0.25) is 0 Å². The first-order valence-corrected chi connectivity index (χ1v) is 4.47. The third-order valence-electron chi connectivity index (χ3n) is 2.31. The van der Waals surface area contributed by atoms with Crippen LogP contribution >= 0.6 is 12.2 Å². The molecule has 1 aromatic rings. The standard InChI is InChI=1S/C10H9NS/c12-7-11-10-6-5-8-3-1-2-4-9(8)10/h1-4,10H,5-6H2/t10-/m1/s1. The van der Waals surface area contributed by atoms with Gasteiger partial charge in [0.25, 0.3) is 0 Å². The van der Waals surface area contributed by atoms with Crippen LogP contribution in [-0.2, 0) is 6.42 Å². The molecule has 60 valence electrons. The van der Waals surface area contributed by atoms with Gasteiger partial charge in [0.1, 0.15) is 0 Å². The van der Waals surface area contributed by atoms with Gasteiger partial charge in [-0.2, -0.15) is 0 Å². The summed E-state index contributed by atoms with van der Waals surface area (Å²) in [6.45, 7) is 0. The quantitative estimate of drug-likeness (QED) is 0.472. The molecule has 0 aromatic heterocycles. The lowest BCUT2D eigenvalue weighted by Gasteiger charge is -2.01. The zero-order chi connectivity index (χ0) is 8.39. The van der Waals surface area contributed by atoms with Gasteiger partial charge in [0.05, 0.1) is 11.2 Å². The first kappa shape index (κ1) is 7.66. The van der Waals surface area contributed by atoms with Crippen molar-refractivity contribution in [2.75, 3.05) is 0 Å². The highest BCUT2D eigenvalue weighted by Gasteiger charge is 2.20. The van der Waals surface area contributed by atoms with Crippen LogP contribution in [0, 0.1) is 0 Å². The summed E-state index contributed by atoms with van der Waals surface area (Å²) < 4.78 is 0. The minimum atomic E-state index is 0.277. The third kappa shape index (κ3) is 1.20. The molecule has 2 heteroatoms. The van der Waals surface area contributed by atoms with Crippen LogP contribution in [0.4, 0.5) is 0 Å². The van der Waals surface area contributed by atoms with Gasteiger partial charge < -0.3 is 0 Å². The number of nitrogens with zero attached hydrogens (tertiary/aromatic N) is 1. The summed E-state index contributed by atoms with van der Waals surface area (Å²) in [5, 5.41) is 2.46. The van der Waals surface area contributed by atoms with Crippen LogP contribution in [0.25, 0.3) is 0 Å². The number of hydrogen-bond donors (Lipinski definition) is 0. The van der Waals surface area contributed by atoms with Crippen molar-refractivity contribution in [2.24, 2.45) is 4.99 Å². The van der Waals surface area contributed by atoms with Crippen LogP contribution in [0.5, 0.6) is 0 Å². The number of thiocarbonyl (C=S) groups is 1. The van der Waals surface area contributed by atoms with E-state index in [1.165, 1.54) is 11.1 Å². The average molecular weight is 175 g/mol. The van der Waals surface area contributed by atoms with Crippen LogP contribution in [0.1, 0.15) is 23.6 Å². The molecule has 0 spiro atoms. The van der Waals surface area contributed by atoms with E-state index >= 15 is 0 Å². The van der Waals surface area contributed by atoms with Crippen molar-refractivity contribution in [1.29, 1.82) is 0 Å². The summed E-state index contributed by atoms with van der Waals surface area (Å²) in [5.74, 6) is 0. The van der Waals surface area contributed by atoms with Gasteiger partial charge in [-0.25, -0.2) is 4.99 Å². The van der Waals surface area contributed by atoms with Crippen molar-refractivity contribution >= 4 is 17.4 Å². The van der Waals surface area contributed by atoms with Crippen molar-refractivity contribution in [3.8, 4) is 0 Å². The number of aliphatic imine (C=N–C) groups is 1. The number of aryl methyl sites for hydroxylation is 1. The highest BCUT2D eigenvalue weighted by atomic mass is 32.1. The van der Waals surface area contributed by atoms with Crippen LogP contribution in [0.15, 0.2) is 29.3 Å². The lowest BCUT2D eigenvalue weighted by Crippen LogP contribution is -1.86. The molecule has 0 heterocycles. The molecule has 0 saturated heterocycles. The van der Waals surface area contributed by atoms with Crippen molar-refractivity contribution in [1.82, 2.24) is 0 Å². The second kappa shape index (κ2) is 3.18. The number of rotatable bonds is 1. The molecule has 0 radical (unpaired) electrons. The first-order chi connectivity index (χ1) is 5.92. The number of benzene rings is 1. The molecule has 12 heavy (non-hydrogen) atoms. The summed E-state index contributed by atoms with van der Waals surface area (Å²) in [4.78, 5) is 4.13. The molecular formula is C10H9NS. The molecule has 1 atom stereocenters. The van der Waals surface area contributed by atoms with Gasteiger partial charge >= 0.3 is 0 Å². The summed E-state index contributed by atoms with van der Waals surface area (Å²) >= 11 is 4.60. The van der Waals surface area contributed by atoms with Gasteiger partial charge in [-0.1, -0.05) is 24.3 Å². The fourth-order valence-electron chi connectivity index (χ4n) is 1.73. The Hall–Kier alpha value is -0.980. The molecule has 0 saturated carbocycles. The number of hydrogen-bond acceptors (Lipinski definition) is 2. The minimum absolute atomic E-state index is 0.277. The Morgan fingerprint density at radius 2 is 2.25 bits per heavy atom. The maximum Gasteiger partial charge on any atom is 0.0858 e. The lowest BCUT2D eigenvalue weighted by molar-refractivity contribution is 0.721. The van der Waals surface area contributed by atoms with Crippen molar-refractivity contribution in [2.45, 2.75) is 18.9 Å². The maximum atomic E-state index is 4.60. The molecule has 0 amide bonds. The Kier molecular flexibility index (Phi) is 2.03. The average Bonchev–Trinajstić information content (AvgIpc) is 2.50. The summed E-state index contributed by atoms with van der Waals surface area (Å²) in [6, 6.07) is 8.69. The summed E-state index contributed by atoms with van der Waals surface area (Å²) in [7, 11) is 0. The number of isothiocyanates is 1. The van der Waals surface area contributed by atoms with E-state index in [1.54, 1.807) is 0 Å². The predicted molar refractivity (Wildman–Crippen MR) is 52.5 cm³/mol. The summed E-state index contributed by atoms with van der Waals surface area (Å²) in [6.07, 6.45) is 2.21. The predicted octanol–water partition coefficient (Wildman–Crippen LogP) is 2.78. The van der Waals surface area contributed by atoms with Crippen LogP contribution in [-0.4, -0.2) is 5.16 Å². The molecule has 0 bridgehead atoms. The zero-order valence-corrected chi connectivity index (χ0v) is 7.47. The minimum Gasteiger partial charge on any atom is -0.224 e. The van der Waals surface area contributed by atoms with E-state index in [0.29, 0.717) is 0 Å². The van der Waals surface area contributed by atoms with E-state index in [-0.39, 0.29) is 6.04 Å². The van der Waals surface area contributed by atoms with E-state index in [2.05, 4.69) is 46.6 Å². The number of fused-ring (bicyclic) bond motifs is 1. The maximum absolute atomic E-state index is 4.60. The molecule has 1 nitrogen and oxygen atoms in total. The Morgan fingerprint density at radius 1 is 1.42 bits per heavy atom. The van der Waals surface area contributed by atoms with Crippen molar-refractivity contribution in [3.05, 3.63) is 35.4 Å². The van der Waals surface area contributed by atoms with Gasteiger partial charge in [0, 0.05) is 0 Å². The van der Waals surface area contributed by atoms with Gasteiger partial charge in [0.15, 0.2) is 0 Å². The van der Waals surface area contributed by atoms with Crippen LogP contribution in [0.3, 0.4) is 0 Å².